The summed E-state index contributed by atoms with van der Waals surface area (Å²) >= 11 is 6.32. The highest BCUT2D eigenvalue weighted by atomic mass is 35.5. The molecule has 9 nitrogen and oxygen atoms in total. The molecule has 3 fully saturated rings. The quantitative estimate of drug-likeness (QED) is 0.401. The highest BCUT2D eigenvalue weighted by molar-refractivity contribution is 6.32. The Kier molecular flexibility index (Phi) is 4.29. The maximum absolute atomic E-state index is 14.0. The fourth-order valence-corrected chi connectivity index (χ4v) is 6.74. The van der Waals surface area contributed by atoms with Crippen LogP contribution in [-0.4, -0.2) is 40.1 Å². The van der Waals surface area contributed by atoms with Gasteiger partial charge < -0.3 is 5.32 Å². The Hall–Kier alpha value is -3.30. The van der Waals surface area contributed by atoms with Crippen molar-refractivity contribution in [2.45, 2.75) is 38.3 Å². The van der Waals surface area contributed by atoms with Gasteiger partial charge in [-0.05, 0) is 50.9 Å². The Labute approximate surface area is 199 Å². The molecule has 1 spiro atoms. The number of anilines is 2. The van der Waals surface area contributed by atoms with Crippen molar-refractivity contribution in [1.29, 1.82) is 0 Å². The number of nitrogens with zero attached hydrogens (tertiary/aromatic N) is 3. The van der Waals surface area contributed by atoms with Gasteiger partial charge in [-0.15, -0.1) is 0 Å². The topological polar surface area (TPSA) is 113 Å². The fourth-order valence-electron chi connectivity index (χ4n) is 6.58. The third kappa shape index (κ3) is 2.35. The summed E-state index contributed by atoms with van der Waals surface area (Å²) in [6.07, 6.45) is 1.50. The van der Waals surface area contributed by atoms with Crippen LogP contribution in [0.5, 0.6) is 0 Å². The molecule has 2 aromatic rings. The molecule has 0 bridgehead atoms. The zero-order valence-electron chi connectivity index (χ0n) is 18.5. The molecule has 3 saturated heterocycles. The van der Waals surface area contributed by atoms with Crippen LogP contribution in [0.25, 0.3) is 0 Å². The van der Waals surface area contributed by atoms with Gasteiger partial charge in [-0.1, -0.05) is 23.7 Å². The summed E-state index contributed by atoms with van der Waals surface area (Å²) in [5.41, 5.74) is 1.09. The van der Waals surface area contributed by atoms with Crippen molar-refractivity contribution in [2.24, 2.45) is 11.8 Å². The molecule has 0 radical (unpaired) electrons. The number of nitro benzene ring substituents is 1. The van der Waals surface area contributed by atoms with Gasteiger partial charge in [0.25, 0.3) is 5.69 Å². The second kappa shape index (κ2) is 6.86. The number of hydrogen-bond donors (Lipinski definition) is 1. The summed E-state index contributed by atoms with van der Waals surface area (Å²) in [5, 5.41) is 14.9. The van der Waals surface area contributed by atoms with E-state index in [0.29, 0.717) is 40.4 Å². The standard InChI is InChI=1S/C24H21ClN4O5/c1-11-5-6-13(10-17(11)29(33)34)28-21(30)18-16-4-3-9-27(16)24(19(18)22(28)31)14-7-8-15(25)12(2)20(14)26-23(24)32/h5-8,10,16,18-19H,3-4,9H2,1-2H3,(H,26,32)/t16-,18-,19+,24-/m1/s1. The molecule has 4 heterocycles. The first-order valence-electron chi connectivity index (χ1n) is 11.2. The van der Waals surface area contributed by atoms with E-state index < -0.39 is 34.1 Å². The predicted molar refractivity (Wildman–Crippen MR) is 124 cm³/mol. The summed E-state index contributed by atoms with van der Waals surface area (Å²) < 4.78 is 0. The largest absolute Gasteiger partial charge is 0.324 e. The molecule has 1 N–H and O–H groups in total. The molecule has 10 heteroatoms. The highest BCUT2D eigenvalue weighted by Gasteiger charge is 2.74. The number of rotatable bonds is 2. The van der Waals surface area contributed by atoms with Crippen LogP contribution in [0.4, 0.5) is 17.1 Å². The molecular weight excluding hydrogens is 460 g/mol. The Morgan fingerprint density at radius 2 is 1.91 bits per heavy atom. The Bertz CT molecular complexity index is 1340. The second-order valence-electron chi connectivity index (χ2n) is 9.46. The number of fused-ring (bicyclic) bond motifs is 7. The number of carbonyl (C=O) groups is 3. The van der Waals surface area contributed by atoms with Crippen LogP contribution >= 0.6 is 11.6 Å². The lowest BCUT2D eigenvalue weighted by atomic mass is 9.75. The van der Waals surface area contributed by atoms with Crippen molar-refractivity contribution in [3.8, 4) is 0 Å². The highest BCUT2D eigenvalue weighted by Crippen LogP contribution is 2.61. The van der Waals surface area contributed by atoms with E-state index in [1.54, 1.807) is 25.1 Å². The number of nitro groups is 1. The van der Waals surface area contributed by atoms with E-state index in [1.807, 2.05) is 11.8 Å². The summed E-state index contributed by atoms with van der Waals surface area (Å²) in [5.74, 6) is -2.87. The number of imide groups is 1. The minimum atomic E-state index is -1.31. The number of hydrogen-bond acceptors (Lipinski definition) is 6. The molecule has 0 aliphatic carbocycles. The van der Waals surface area contributed by atoms with Gasteiger partial charge in [0, 0.05) is 28.3 Å². The zero-order valence-corrected chi connectivity index (χ0v) is 19.3. The lowest BCUT2D eigenvalue weighted by molar-refractivity contribution is -0.385. The van der Waals surface area contributed by atoms with Crippen LogP contribution in [0.3, 0.4) is 0 Å². The Morgan fingerprint density at radius 1 is 1.15 bits per heavy atom. The molecule has 4 aliphatic heterocycles. The predicted octanol–water partition coefficient (Wildman–Crippen LogP) is 3.30. The van der Waals surface area contributed by atoms with E-state index in [2.05, 4.69) is 5.32 Å². The molecule has 0 saturated carbocycles. The first kappa shape index (κ1) is 21.2. The third-order valence-corrected chi connectivity index (χ3v) is 8.42. The van der Waals surface area contributed by atoms with Crippen molar-refractivity contribution in [3.05, 3.63) is 62.2 Å². The number of benzene rings is 2. The number of halogens is 1. The molecule has 4 aliphatic rings. The molecule has 6 rings (SSSR count). The Morgan fingerprint density at radius 3 is 2.65 bits per heavy atom. The van der Waals surface area contributed by atoms with Crippen molar-refractivity contribution in [2.75, 3.05) is 16.8 Å². The van der Waals surface area contributed by atoms with E-state index in [9.17, 15) is 24.5 Å². The van der Waals surface area contributed by atoms with Crippen LogP contribution < -0.4 is 10.2 Å². The van der Waals surface area contributed by atoms with Crippen LogP contribution in [0.2, 0.25) is 5.02 Å². The smallest absolute Gasteiger partial charge is 0.274 e. The fraction of sp³-hybridized carbons (Fsp3) is 0.375. The average Bonchev–Trinajstić information content (AvgIpc) is 3.50. The van der Waals surface area contributed by atoms with Crippen molar-refractivity contribution < 1.29 is 19.3 Å². The van der Waals surface area contributed by atoms with E-state index in [-0.39, 0.29) is 23.3 Å². The van der Waals surface area contributed by atoms with Gasteiger partial charge in [0.1, 0.15) is 5.54 Å². The third-order valence-electron chi connectivity index (χ3n) is 8.01. The maximum atomic E-state index is 14.0. The summed E-state index contributed by atoms with van der Waals surface area (Å²) in [6, 6.07) is 7.57. The van der Waals surface area contributed by atoms with Gasteiger partial charge in [-0.25, -0.2) is 4.90 Å². The first-order chi connectivity index (χ1) is 16.2. The lowest BCUT2D eigenvalue weighted by Gasteiger charge is -2.36. The maximum Gasteiger partial charge on any atom is 0.274 e. The van der Waals surface area contributed by atoms with E-state index in [1.165, 1.54) is 12.1 Å². The monoisotopic (exact) mass is 480 g/mol. The van der Waals surface area contributed by atoms with Crippen molar-refractivity contribution >= 4 is 46.4 Å². The minimum Gasteiger partial charge on any atom is -0.324 e. The minimum absolute atomic E-state index is 0.160. The molecule has 4 atom stereocenters. The van der Waals surface area contributed by atoms with Gasteiger partial charge in [0.2, 0.25) is 17.7 Å². The van der Waals surface area contributed by atoms with E-state index >= 15 is 0 Å². The van der Waals surface area contributed by atoms with Crippen LogP contribution in [0.1, 0.15) is 29.5 Å². The second-order valence-corrected chi connectivity index (χ2v) is 9.87. The van der Waals surface area contributed by atoms with Gasteiger partial charge in [0.15, 0.2) is 0 Å². The number of amides is 3. The van der Waals surface area contributed by atoms with Gasteiger partial charge in [-0.2, -0.15) is 0 Å². The molecular formula is C24H21ClN4O5. The molecule has 0 unspecified atom stereocenters. The van der Waals surface area contributed by atoms with Crippen LogP contribution in [0, 0.1) is 35.8 Å². The SMILES string of the molecule is Cc1ccc(N2C(=O)[C@@H]3[C@H]4CCCN4[C@@]4(C(=O)Nc5c4ccc(Cl)c5C)[C@@H]3C2=O)cc1[N+](=O)[O-]. The molecule has 0 aromatic heterocycles. The lowest BCUT2D eigenvalue weighted by Crippen LogP contribution is -2.54. The Balaban J connectivity index is 1.54. The van der Waals surface area contributed by atoms with Gasteiger partial charge >= 0.3 is 0 Å². The summed E-state index contributed by atoms with van der Waals surface area (Å²) in [7, 11) is 0. The summed E-state index contributed by atoms with van der Waals surface area (Å²) in [6.45, 7) is 4.01. The summed E-state index contributed by atoms with van der Waals surface area (Å²) in [4.78, 5) is 55.5. The van der Waals surface area contributed by atoms with E-state index in [4.69, 9.17) is 11.6 Å². The molecule has 34 heavy (non-hydrogen) atoms. The number of carbonyl (C=O) groups excluding carboxylic acids is 3. The number of nitrogens with one attached hydrogen (secondary N) is 1. The number of aryl methyl sites for hydroxylation is 1. The molecule has 3 amide bonds. The van der Waals surface area contributed by atoms with Crippen molar-refractivity contribution in [3.63, 3.8) is 0 Å². The van der Waals surface area contributed by atoms with Crippen LogP contribution in [0.15, 0.2) is 30.3 Å². The van der Waals surface area contributed by atoms with Crippen molar-refractivity contribution in [1.82, 2.24) is 4.90 Å². The van der Waals surface area contributed by atoms with Gasteiger partial charge in [-0.3, -0.25) is 29.4 Å². The first-order valence-corrected chi connectivity index (χ1v) is 11.6. The normalized spacial score (nSPS) is 29.6. The average molecular weight is 481 g/mol. The molecule has 174 valence electrons. The van der Waals surface area contributed by atoms with Crippen LogP contribution in [-0.2, 0) is 19.9 Å². The zero-order chi connectivity index (χ0) is 24.1. The van der Waals surface area contributed by atoms with Gasteiger partial charge in [0.05, 0.1) is 28.1 Å². The van der Waals surface area contributed by atoms with E-state index in [0.717, 1.165) is 11.3 Å². The molecule has 2 aromatic carbocycles.